The highest BCUT2D eigenvalue weighted by atomic mass is 16.5. The number of nitrogens with zero attached hydrogens (tertiary/aromatic N) is 5. The number of anilines is 1. The average molecular weight is 451 g/mol. The summed E-state index contributed by atoms with van der Waals surface area (Å²) in [5.41, 5.74) is 3.64. The van der Waals surface area contributed by atoms with Crippen LogP contribution in [0.25, 0.3) is 23.2 Å². The van der Waals surface area contributed by atoms with Crippen LogP contribution in [0, 0.1) is 6.92 Å². The number of aryl methyl sites for hydroxylation is 2. The summed E-state index contributed by atoms with van der Waals surface area (Å²) in [6, 6.07) is 20.5. The Morgan fingerprint density at radius 2 is 1.91 bits per heavy atom. The summed E-state index contributed by atoms with van der Waals surface area (Å²) in [6.07, 6.45) is 7.32. The van der Waals surface area contributed by atoms with Crippen molar-refractivity contribution in [3.63, 3.8) is 0 Å². The Kier molecular flexibility index (Phi) is 5.61. The van der Waals surface area contributed by atoms with E-state index in [2.05, 4.69) is 20.5 Å². The van der Waals surface area contributed by atoms with Crippen molar-refractivity contribution in [3.8, 4) is 11.5 Å². The first-order chi connectivity index (χ1) is 16.5. The Morgan fingerprint density at radius 1 is 1.03 bits per heavy atom. The molecular formula is C26H22N6O2. The van der Waals surface area contributed by atoms with Gasteiger partial charge in [-0.2, -0.15) is 10.2 Å². The average Bonchev–Trinajstić information content (AvgIpc) is 3.41. The molecule has 168 valence electrons. The molecule has 0 saturated carbocycles. The van der Waals surface area contributed by atoms with Gasteiger partial charge in [0.1, 0.15) is 11.5 Å². The lowest BCUT2D eigenvalue weighted by atomic mass is 10.2. The fourth-order valence-corrected chi connectivity index (χ4v) is 3.46. The van der Waals surface area contributed by atoms with Crippen LogP contribution in [-0.4, -0.2) is 30.5 Å². The van der Waals surface area contributed by atoms with Crippen LogP contribution in [0.1, 0.15) is 21.9 Å². The molecule has 0 unspecified atom stereocenters. The van der Waals surface area contributed by atoms with Crippen molar-refractivity contribution in [1.82, 2.24) is 24.5 Å². The lowest BCUT2D eigenvalue weighted by Crippen LogP contribution is -2.13. The van der Waals surface area contributed by atoms with Crippen LogP contribution in [0.5, 0.6) is 11.5 Å². The summed E-state index contributed by atoms with van der Waals surface area (Å²) in [5, 5.41) is 12.5. The number of nitrogens with one attached hydrogen (secondary N) is 1. The van der Waals surface area contributed by atoms with Crippen LogP contribution in [0.3, 0.4) is 0 Å². The van der Waals surface area contributed by atoms with E-state index < -0.39 is 0 Å². The van der Waals surface area contributed by atoms with Crippen LogP contribution < -0.4 is 10.1 Å². The SMILES string of the molecule is Cc1cc(C(=O)Nc2cccc(Oc3ccc4cnn(C=Cc5ccccn5)c4c3)c2)nn1C. The highest BCUT2D eigenvalue weighted by Gasteiger charge is 2.12. The van der Waals surface area contributed by atoms with Gasteiger partial charge in [0, 0.05) is 48.3 Å². The number of carbonyl (C=O) groups is 1. The molecular weight excluding hydrogens is 428 g/mol. The predicted octanol–water partition coefficient (Wildman–Crippen LogP) is 5.15. The van der Waals surface area contributed by atoms with Gasteiger partial charge in [0.2, 0.25) is 0 Å². The van der Waals surface area contributed by atoms with Gasteiger partial charge in [-0.25, -0.2) is 4.68 Å². The number of rotatable bonds is 6. The van der Waals surface area contributed by atoms with E-state index in [9.17, 15) is 4.79 Å². The first kappa shape index (κ1) is 21.1. The fourth-order valence-electron chi connectivity index (χ4n) is 3.46. The number of hydrogen-bond donors (Lipinski definition) is 1. The largest absolute Gasteiger partial charge is 0.457 e. The lowest BCUT2D eigenvalue weighted by molar-refractivity contribution is 0.102. The molecule has 8 nitrogen and oxygen atoms in total. The molecule has 8 heteroatoms. The second kappa shape index (κ2) is 9.03. The quantitative estimate of drug-likeness (QED) is 0.387. The first-order valence-corrected chi connectivity index (χ1v) is 10.7. The van der Waals surface area contributed by atoms with Gasteiger partial charge in [-0.15, -0.1) is 0 Å². The fraction of sp³-hybridized carbons (Fsp3) is 0.0769. The van der Waals surface area contributed by atoms with Crippen LogP contribution in [-0.2, 0) is 7.05 Å². The van der Waals surface area contributed by atoms with Gasteiger partial charge in [-0.05, 0) is 55.5 Å². The van der Waals surface area contributed by atoms with Crippen LogP contribution in [0.2, 0.25) is 0 Å². The number of pyridine rings is 1. The maximum Gasteiger partial charge on any atom is 0.276 e. The van der Waals surface area contributed by atoms with E-state index in [-0.39, 0.29) is 5.91 Å². The van der Waals surface area contributed by atoms with E-state index >= 15 is 0 Å². The highest BCUT2D eigenvalue weighted by molar-refractivity contribution is 6.03. The summed E-state index contributed by atoms with van der Waals surface area (Å²) < 4.78 is 9.52. The Balaban J connectivity index is 1.34. The van der Waals surface area contributed by atoms with Crippen molar-refractivity contribution >= 4 is 34.8 Å². The third-order valence-electron chi connectivity index (χ3n) is 5.32. The molecule has 0 aliphatic rings. The van der Waals surface area contributed by atoms with Crippen molar-refractivity contribution in [2.24, 2.45) is 7.05 Å². The molecule has 1 N–H and O–H groups in total. The topological polar surface area (TPSA) is 86.9 Å². The number of fused-ring (bicyclic) bond motifs is 1. The number of carbonyl (C=O) groups excluding carboxylic acids is 1. The minimum absolute atomic E-state index is 0.272. The maximum atomic E-state index is 12.5. The molecule has 3 aromatic heterocycles. The van der Waals surface area contributed by atoms with Gasteiger partial charge in [-0.1, -0.05) is 12.1 Å². The van der Waals surface area contributed by atoms with E-state index in [1.54, 1.807) is 47.0 Å². The van der Waals surface area contributed by atoms with E-state index in [1.165, 1.54) is 0 Å². The molecule has 2 aromatic carbocycles. The molecule has 3 heterocycles. The summed E-state index contributed by atoms with van der Waals surface area (Å²) in [7, 11) is 1.80. The molecule has 0 aliphatic carbocycles. The summed E-state index contributed by atoms with van der Waals surface area (Å²) >= 11 is 0. The Labute approximate surface area is 196 Å². The molecule has 1 amide bonds. The Hall–Kier alpha value is -4.72. The first-order valence-electron chi connectivity index (χ1n) is 10.7. The standard InChI is InChI=1S/C26H22N6O2/c1-18-14-24(30-31(18)2)26(33)29-21-7-5-8-22(15-21)34-23-10-9-19-17-28-32(25(19)16-23)13-11-20-6-3-4-12-27-20/h3-17H,1-2H3,(H,29,33). The van der Waals surface area contributed by atoms with E-state index in [0.29, 0.717) is 22.9 Å². The number of ether oxygens (including phenoxy) is 1. The zero-order valence-electron chi connectivity index (χ0n) is 18.7. The van der Waals surface area contributed by atoms with Crippen LogP contribution in [0.15, 0.2) is 79.1 Å². The summed E-state index contributed by atoms with van der Waals surface area (Å²) in [5.74, 6) is 0.986. The minimum Gasteiger partial charge on any atom is -0.457 e. The predicted molar refractivity (Wildman–Crippen MR) is 132 cm³/mol. The molecule has 0 aliphatic heterocycles. The smallest absolute Gasteiger partial charge is 0.276 e. The van der Waals surface area contributed by atoms with Crippen molar-refractivity contribution in [2.45, 2.75) is 6.92 Å². The van der Waals surface area contributed by atoms with Crippen molar-refractivity contribution < 1.29 is 9.53 Å². The normalized spacial score (nSPS) is 11.2. The van der Waals surface area contributed by atoms with Gasteiger partial charge in [0.25, 0.3) is 5.91 Å². The van der Waals surface area contributed by atoms with Gasteiger partial charge >= 0.3 is 0 Å². The van der Waals surface area contributed by atoms with E-state index in [1.807, 2.05) is 67.7 Å². The molecule has 0 spiro atoms. The van der Waals surface area contributed by atoms with Crippen molar-refractivity contribution in [2.75, 3.05) is 5.32 Å². The number of benzene rings is 2. The number of amides is 1. The summed E-state index contributed by atoms with van der Waals surface area (Å²) in [6.45, 7) is 1.90. The molecule has 0 radical (unpaired) electrons. The molecule has 34 heavy (non-hydrogen) atoms. The second-order valence-corrected chi connectivity index (χ2v) is 7.76. The Morgan fingerprint density at radius 3 is 2.71 bits per heavy atom. The monoisotopic (exact) mass is 450 g/mol. The minimum atomic E-state index is -0.272. The molecule has 0 saturated heterocycles. The third-order valence-corrected chi connectivity index (χ3v) is 5.32. The Bertz CT molecular complexity index is 1480. The van der Waals surface area contributed by atoms with Crippen LogP contribution >= 0.6 is 0 Å². The number of hydrogen-bond acceptors (Lipinski definition) is 5. The molecule has 5 aromatic rings. The van der Waals surface area contributed by atoms with E-state index in [4.69, 9.17) is 4.74 Å². The number of aromatic nitrogens is 5. The summed E-state index contributed by atoms with van der Waals surface area (Å²) in [4.78, 5) is 16.8. The maximum absolute atomic E-state index is 12.5. The lowest BCUT2D eigenvalue weighted by Gasteiger charge is -2.09. The van der Waals surface area contributed by atoms with Gasteiger partial charge in [0.15, 0.2) is 5.69 Å². The third kappa shape index (κ3) is 4.56. The van der Waals surface area contributed by atoms with E-state index in [0.717, 1.165) is 22.3 Å². The zero-order chi connectivity index (χ0) is 23.5. The molecule has 0 fully saturated rings. The van der Waals surface area contributed by atoms with Gasteiger partial charge < -0.3 is 10.1 Å². The van der Waals surface area contributed by atoms with Gasteiger partial charge in [-0.3, -0.25) is 14.5 Å². The van der Waals surface area contributed by atoms with Gasteiger partial charge in [0.05, 0.1) is 17.4 Å². The molecule has 5 rings (SSSR count). The highest BCUT2D eigenvalue weighted by Crippen LogP contribution is 2.27. The zero-order valence-corrected chi connectivity index (χ0v) is 18.7. The van der Waals surface area contributed by atoms with Crippen molar-refractivity contribution in [1.29, 1.82) is 0 Å². The molecule has 0 atom stereocenters. The molecule has 0 bridgehead atoms. The van der Waals surface area contributed by atoms with Crippen LogP contribution in [0.4, 0.5) is 5.69 Å². The second-order valence-electron chi connectivity index (χ2n) is 7.76. The van der Waals surface area contributed by atoms with Crippen molar-refractivity contribution in [3.05, 3.63) is 96.2 Å².